The van der Waals surface area contributed by atoms with E-state index in [1.165, 1.54) is 0 Å². The van der Waals surface area contributed by atoms with Crippen molar-refractivity contribution in [3.63, 3.8) is 0 Å². The van der Waals surface area contributed by atoms with Crippen LogP contribution >= 0.6 is 11.6 Å². The lowest BCUT2D eigenvalue weighted by Gasteiger charge is -2.10. The Hall–Kier alpha value is -2.47. The molecule has 134 valence electrons. The molecule has 2 aromatic rings. The minimum Gasteiger partial charge on any atom is -0.493 e. The van der Waals surface area contributed by atoms with Crippen molar-refractivity contribution in [1.82, 2.24) is 10.9 Å². The highest BCUT2D eigenvalue weighted by atomic mass is 35.5. The highest BCUT2D eigenvalue weighted by Crippen LogP contribution is 2.21. The van der Waals surface area contributed by atoms with Crippen molar-refractivity contribution in [1.29, 1.82) is 0 Å². The Kier molecular flexibility index (Phi) is 6.47. The standard InChI is InChI=1S/C18H21ClN2O4/c1-11-9-14(19)6-7-16(11)24-8-4-5-17(22)20-21-18(23)15-10-12(2)25-13(15)3/h6-7,9-10H,4-5,8H2,1-3H3,(H,20,22)(H,21,23). The van der Waals surface area contributed by atoms with Crippen LogP contribution in [0.1, 0.15) is 40.3 Å². The van der Waals surface area contributed by atoms with E-state index in [0.717, 1.165) is 11.3 Å². The molecular formula is C18H21ClN2O4. The molecule has 2 amide bonds. The third kappa shape index (κ3) is 5.53. The Morgan fingerprint density at radius 2 is 1.92 bits per heavy atom. The molecule has 0 aliphatic rings. The van der Waals surface area contributed by atoms with Crippen molar-refractivity contribution in [2.45, 2.75) is 33.6 Å². The summed E-state index contributed by atoms with van der Waals surface area (Å²) in [5.74, 6) is 1.20. The maximum atomic E-state index is 11.9. The molecule has 1 heterocycles. The number of ether oxygens (including phenoxy) is 1. The number of benzene rings is 1. The topological polar surface area (TPSA) is 80.6 Å². The zero-order valence-corrected chi connectivity index (χ0v) is 15.2. The van der Waals surface area contributed by atoms with E-state index in [1.807, 2.05) is 13.0 Å². The molecule has 0 fully saturated rings. The molecule has 0 saturated carbocycles. The average molecular weight is 365 g/mol. The molecule has 1 aromatic heterocycles. The van der Waals surface area contributed by atoms with Crippen LogP contribution in [-0.4, -0.2) is 18.4 Å². The Labute approximate surface area is 151 Å². The summed E-state index contributed by atoms with van der Waals surface area (Å²) >= 11 is 5.89. The van der Waals surface area contributed by atoms with Crippen molar-refractivity contribution in [3.05, 3.63) is 51.9 Å². The zero-order valence-electron chi connectivity index (χ0n) is 14.4. The van der Waals surface area contributed by atoms with Gasteiger partial charge in [-0.25, -0.2) is 0 Å². The second-order valence-electron chi connectivity index (χ2n) is 5.69. The largest absolute Gasteiger partial charge is 0.493 e. The predicted molar refractivity (Wildman–Crippen MR) is 94.7 cm³/mol. The monoisotopic (exact) mass is 364 g/mol. The molecule has 6 nitrogen and oxygen atoms in total. The normalized spacial score (nSPS) is 10.4. The maximum Gasteiger partial charge on any atom is 0.273 e. The molecule has 7 heteroatoms. The molecule has 0 unspecified atom stereocenters. The van der Waals surface area contributed by atoms with E-state index in [2.05, 4.69) is 10.9 Å². The Balaban J connectivity index is 1.69. The van der Waals surface area contributed by atoms with Gasteiger partial charge in [-0.15, -0.1) is 0 Å². The molecule has 25 heavy (non-hydrogen) atoms. The van der Waals surface area contributed by atoms with E-state index >= 15 is 0 Å². The molecule has 0 spiro atoms. The second-order valence-corrected chi connectivity index (χ2v) is 6.13. The van der Waals surface area contributed by atoms with E-state index in [-0.39, 0.29) is 12.3 Å². The van der Waals surface area contributed by atoms with Crippen molar-refractivity contribution >= 4 is 23.4 Å². The molecule has 0 radical (unpaired) electrons. The van der Waals surface area contributed by atoms with Crippen molar-refractivity contribution in [3.8, 4) is 5.75 Å². The minimum atomic E-state index is -0.407. The van der Waals surface area contributed by atoms with Crippen molar-refractivity contribution in [2.24, 2.45) is 0 Å². The number of carbonyl (C=O) groups is 2. The summed E-state index contributed by atoms with van der Waals surface area (Å²) in [5, 5.41) is 0.656. The number of hydrogen-bond donors (Lipinski definition) is 2. The first-order chi connectivity index (χ1) is 11.9. The van der Waals surface area contributed by atoms with Gasteiger partial charge in [0, 0.05) is 11.4 Å². The number of hydrogen-bond acceptors (Lipinski definition) is 4. The van der Waals surface area contributed by atoms with Crippen molar-refractivity contribution in [2.75, 3.05) is 6.61 Å². The molecule has 0 atom stereocenters. The van der Waals surface area contributed by atoms with Gasteiger partial charge in [0.1, 0.15) is 17.3 Å². The van der Waals surface area contributed by atoms with E-state index < -0.39 is 5.91 Å². The van der Waals surface area contributed by atoms with Gasteiger partial charge in [-0.05, 0) is 57.0 Å². The fraction of sp³-hybridized carbons (Fsp3) is 0.333. The first-order valence-electron chi connectivity index (χ1n) is 7.92. The molecule has 0 aliphatic carbocycles. The van der Waals surface area contributed by atoms with Gasteiger partial charge in [-0.1, -0.05) is 11.6 Å². The van der Waals surface area contributed by atoms with Gasteiger partial charge in [0.25, 0.3) is 5.91 Å². The summed E-state index contributed by atoms with van der Waals surface area (Å²) in [5.41, 5.74) is 6.10. The van der Waals surface area contributed by atoms with Gasteiger partial charge in [0.15, 0.2) is 0 Å². The summed E-state index contributed by atoms with van der Waals surface area (Å²) in [6.07, 6.45) is 0.754. The molecular weight excluding hydrogens is 344 g/mol. The lowest BCUT2D eigenvalue weighted by atomic mass is 10.2. The Bertz CT molecular complexity index is 770. The number of halogens is 1. The van der Waals surface area contributed by atoms with E-state index in [0.29, 0.717) is 35.1 Å². The summed E-state index contributed by atoms with van der Waals surface area (Å²) in [6.45, 7) is 5.75. The Morgan fingerprint density at radius 1 is 1.16 bits per heavy atom. The smallest absolute Gasteiger partial charge is 0.273 e. The number of nitrogens with one attached hydrogen (secondary N) is 2. The van der Waals surface area contributed by atoms with Crippen molar-refractivity contribution < 1.29 is 18.7 Å². The van der Waals surface area contributed by atoms with Crippen LogP contribution in [-0.2, 0) is 4.79 Å². The van der Waals surface area contributed by atoms with E-state index in [1.54, 1.807) is 32.0 Å². The summed E-state index contributed by atoms with van der Waals surface area (Å²) in [7, 11) is 0. The van der Waals surface area contributed by atoms with Gasteiger partial charge in [0.2, 0.25) is 5.91 Å². The van der Waals surface area contributed by atoms with Gasteiger partial charge in [-0.3, -0.25) is 20.4 Å². The molecule has 1 aromatic carbocycles. The van der Waals surface area contributed by atoms with Crippen LogP contribution in [0.4, 0.5) is 0 Å². The minimum absolute atomic E-state index is 0.232. The third-order valence-electron chi connectivity index (χ3n) is 3.54. The lowest BCUT2D eigenvalue weighted by molar-refractivity contribution is -0.122. The number of carbonyl (C=O) groups excluding carboxylic acids is 2. The van der Waals surface area contributed by atoms with Crippen LogP contribution in [0.3, 0.4) is 0 Å². The quantitative estimate of drug-likeness (QED) is 0.607. The third-order valence-corrected chi connectivity index (χ3v) is 3.78. The molecule has 0 saturated heterocycles. The van der Waals surface area contributed by atoms with Crippen LogP contribution < -0.4 is 15.6 Å². The average Bonchev–Trinajstić information content (AvgIpc) is 2.89. The van der Waals surface area contributed by atoms with Crippen LogP contribution in [0.2, 0.25) is 5.02 Å². The van der Waals surface area contributed by atoms with Crippen LogP contribution in [0.25, 0.3) is 0 Å². The van der Waals surface area contributed by atoms with Gasteiger partial charge in [-0.2, -0.15) is 0 Å². The SMILES string of the molecule is Cc1cc(C(=O)NNC(=O)CCCOc2ccc(Cl)cc2C)c(C)o1. The number of aryl methyl sites for hydroxylation is 3. The summed E-state index contributed by atoms with van der Waals surface area (Å²) in [4.78, 5) is 23.7. The second kappa shape index (κ2) is 8.58. The number of hydrazine groups is 1. The molecule has 2 N–H and O–H groups in total. The van der Waals surface area contributed by atoms with E-state index in [9.17, 15) is 9.59 Å². The molecule has 0 aliphatic heterocycles. The van der Waals surface area contributed by atoms with Crippen LogP contribution in [0.5, 0.6) is 5.75 Å². The fourth-order valence-corrected chi connectivity index (χ4v) is 2.53. The van der Waals surface area contributed by atoms with Gasteiger partial charge >= 0.3 is 0 Å². The number of rotatable bonds is 6. The summed E-state index contributed by atoms with van der Waals surface area (Å²) < 4.78 is 10.9. The highest BCUT2D eigenvalue weighted by Gasteiger charge is 2.14. The van der Waals surface area contributed by atoms with Gasteiger partial charge in [0.05, 0.1) is 12.2 Å². The zero-order chi connectivity index (χ0) is 18.4. The first-order valence-corrected chi connectivity index (χ1v) is 8.30. The van der Waals surface area contributed by atoms with E-state index in [4.69, 9.17) is 20.8 Å². The van der Waals surface area contributed by atoms with Crippen LogP contribution in [0, 0.1) is 20.8 Å². The highest BCUT2D eigenvalue weighted by molar-refractivity contribution is 6.30. The fourth-order valence-electron chi connectivity index (χ4n) is 2.30. The molecule has 2 rings (SSSR count). The number of furan rings is 1. The maximum absolute atomic E-state index is 11.9. The Morgan fingerprint density at radius 3 is 2.56 bits per heavy atom. The number of amides is 2. The predicted octanol–water partition coefficient (Wildman–Crippen LogP) is 3.48. The van der Waals surface area contributed by atoms with Gasteiger partial charge < -0.3 is 9.15 Å². The summed E-state index contributed by atoms with van der Waals surface area (Å²) in [6, 6.07) is 7.00. The molecule has 0 bridgehead atoms. The lowest BCUT2D eigenvalue weighted by Crippen LogP contribution is -2.41. The van der Waals surface area contributed by atoms with Crippen LogP contribution in [0.15, 0.2) is 28.7 Å². The first kappa shape index (κ1) is 18.9.